The van der Waals surface area contributed by atoms with Crippen LogP contribution in [0.5, 0.6) is 0 Å². The molecule has 28 heavy (non-hydrogen) atoms. The second kappa shape index (κ2) is 7.39. The van der Waals surface area contributed by atoms with E-state index in [0.29, 0.717) is 5.76 Å². The fraction of sp³-hybridized carbons (Fsp3) is 0.381. The van der Waals surface area contributed by atoms with Gasteiger partial charge in [0.25, 0.3) is 5.91 Å². The molecular formula is C21H26N4O2S. The summed E-state index contributed by atoms with van der Waals surface area (Å²) in [4.78, 5) is 12.9. The van der Waals surface area contributed by atoms with E-state index >= 15 is 0 Å². The van der Waals surface area contributed by atoms with Crippen LogP contribution in [0.3, 0.4) is 0 Å². The molecule has 0 bridgehead atoms. The Morgan fingerprint density at radius 1 is 1.25 bits per heavy atom. The van der Waals surface area contributed by atoms with Crippen LogP contribution in [0.1, 0.15) is 58.8 Å². The van der Waals surface area contributed by atoms with Crippen LogP contribution >= 0.6 is 12.2 Å². The highest BCUT2D eigenvalue weighted by molar-refractivity contribution is 7.80. The van der Waals surface area contributed by atoms with Gasteiger partial charge in [-0.1, -0.05) is 26.0 Å². The summed E-state index contributed by atoms with van der Waals surface area (Å²) in [5.41, 5.74) is 13.4. The van der Waals surface area contributed by atoms with Crippen molar-refractivity contribution in [1.82, 2.24) is 5.43 Å². The quantitative estimate of drug-likeness (QED) is 0.537. The van der Waals surface area contributed by atoms with Gasteiger partial charge < -0.3 is 15.5 Å². The highest BCUT2D eigenvalue weighted by Crippen LogP contribution is 2.39. The van der Waals surface area contributed by atoms with Crippen LogP contribution in [0, 0.1) is 26.2 Å². The largest absolute Gasteiger partial charge is 0.455 e. The normalized spacial score (nSPS) is 16.5. The lowest BCUT2D eigenvalue weighted by molar-refractivity contribution is 0.0992. The second-order valence-electron chi connectivity index (χ2n) is 8.18. The molecule has 0 aliphatic heterocycles. The molecule has 3 rings (SSSR count). The van der Waals surface area contributed by atoms with Crippen molar-refractivity contribution in [3.63, 3.8) is 0 Å². The van der Waals surface area contributed by atoms with Crippen LogP contribution in [-0.2, 0) is 6.42 Å². The van der Waals surface area contributed by atoms with Crippen LogP contribution in [0.15, 0.2) is 27.7 Å². The third-order valence-electron chi connectivity index (χ3n) is 4.94. The minimum absolute atomic E-state index is 0.0467. The number of nitrogens with one attached hydrogen (secondary N) is 2. The summed E-state index contributed by atoms with van der Waals surface area (Å²) in [6, 6.07) is 5.95. The molecular weight excluding hydrogens is 372 g/mol. The lowest BCUT2D eigenvalue weighted by Gasteiger charge is -2.29. The van der Waals surface area contributed by atoms with E-state index in [1.165, 1.54) is 0 Å². The average molecular weight is 399 g/mol. The number of rotatable bonds is 3. The monoisotopic (exact) mass is 398 g/mol. The Bertz CT molecular complexity index is 989. The summed E-state index contributed by atoms with van der Waals surface area (Å²) in [6.07, 6.45) is 1.46. The molecule has 7 heteroatoms. The van der Waals surface area contributed by atoms with E-state index in [-0.39, 0.29) is 16.4 Å². The zero-order chi connectivity index (χ0) is 20.6. The Kier molecular flexibility index (Phi) is 5.30. The predicted molar refractivity (Wildman–Crippen MR) is 116 cm³/mol. The molecule has 1 aliphatic carbocycles. The van der Waals surface area contributed by atoms with Crippen LogP contribution in [0.25, 0.3) is 0 Å². The molecule has 4 N–H and O–H groups in total. The number of nitrogens with two attached hydrogens (primary N) is 1. The number of hydrogen-bond acceptors (Lipinski definition) is 4. The van der Waals surface area contributed by atoms with Crippen molar-refractivity contribution in [3.8, 4) is 0 Å². The number of anilines is 1. The molecule has 6 nitrogen and oxygen atoms in total. The molecule has 0 unspecified atom stereocenters. The first-order valence-electron chi connectivity index (χ1n) is 9.20. The summed E-state index contributed by atoms with van der Waals surface area (Å²) in [5, 5.41) is 7.45. The van der Waals surface area contributed by atoms with Gasteiger partial charge in [0.1, 0.15) is 5.76 Å². The number of nitrogens with zero attached hydrogens (tertiary/aromatic N) is 1. The third-order valence-corrected chi connectivity index (χ3v) is 5.03. The third kappa shape index (κ3) is 4.09. The molecule has 0 radical (unpaired) electrons. The molecule has 1 amide bonds. The van der Waals surface area contributed by atoms with Crippen LogP contribution in [0.2, 0.25) is 0 Å². The summed E-state index contributed by atoms with van der Waals surface area (Å²) >= 11 is 4.87. The first-order chi connectivity index (χ1) is 13.1. The van der Waals surface area contributed by atoms with Crippen LogP contribution < -0.4 is 16.5 Å². The van der Waals surface area contributed by atoms with Gasteiger partial charge in [0.15, 0.2) is 10.9 Å². The molecule has 0 spiro atoms. The number of carbonyl (C=O) groups excluding carboxylic acids is 1. The molecule has 0 atom stereocenters. The Balaban J connectivity index is 1.99. The van der Waals surface area contributed by atoms with Crippen molar-refractivity contribution in [2.75, 3.05) is 5.32 Å². The van der Waals surface area contributed by atoms with E-state index in [4.69, 9.17) is 22.4 Å². The number of benzene rings is 1. The summed E-state index contributed by atoms with van der Waals surface area (Å²) < 4.78 is 6.03. The van der Waals surface area contributed by atoms with Gasteiger partial charge in [0.05, 0.1) is 5.71 Å². The van der Waals surface area contributed by atoms with Crippen LogP contribution in [-0.4, -0.2) is 16.7 Å². The smallest absolute Gasteiger partial charge is 0.291 e. The fourth-order valence-electron chi connectivity index (χ4n) is 3.60. The summed E-state index contributed by atoms with van der Waals surface area (Å²) in [7, 11) is 0. The van der Waals surface area contributed by atoms with Gasteiger partial charge in [0.2, 0.25) is 0 Å². The molecule has 2 aromatic rings. The van der Waals surface area contributed by atoms with Gasteiger partial charge in [-0.2, -0.15) is 5.10 Å². The molecule has 1 heterocycles. The fourth-order valence-corrected chi connectivity index (χ4v) is 3.64. The maximum Gasteiger partial charge on any atom is 0.291 e. The Morgan fingerprint density at radius 3 is 2.64 bits per heavy atom. The highest BCUT2D eigenvalue weighted by Gasteiger charge is 2.36. The average Bonchev–Trinajstić information content (AvgIpc) is 2.91. The number of amides is 1. The van der Waals surface area contributed by atoms with Crippen molar-refractivity contribution in [2.45, 2.75) is 47.5 Å². The Morgan fingerprint density at radius 2 is 1.96 bits per heavy atom. The van der Waals surface area contributed by atoms with Gasteiger partial charge >= 0.3 is 0 Å². The molecule has 0 fully saturated rings. The number of hydrazone groups is 1. The molecule has 1 aromatic carbocycles. The first kappa shape index (κ1) is 20.1. The lowest BCUT2D eigenvalue weighted by atomic mass is 9.75. The Labute approximate surface area is 170 Å². The highest BCUT2D eigenvalue weighted by atomic mass is 32.1. The van der Waals surface area contributed by atoms with Crippen molar-refractivity contribution in [1.29, 1.82) is 0 Å². The van der Waals surface area contributed by atoms with Crippen molar-refractivity contribution in [3.05, 3.63) is 52.0 Å². The van der Waals surface area contributed by atoms with Crippen LogP contribution in [0.4, 0.5) is 5.69 Å². The van der Waals surface area contributed by atoms with Crippen molar-refractivity contribution in [2.24, 2.45) is 16.3 Å². The van der Waals surface area contributed by atoms with E-state index in [0.717, 1.165) is 52.3 Å². The predicted octanol–water partition coefficient (Wildman–Crippen LogP) is 3.97. The van der Waals surface area contributed by atoms with Gasteiger partial charge in [-0.25, -0.2) is 0 Å². The topological polar surface area (TPSA) is 92.6 Å². The number of fused-ring (bicyclic) bond motifs is 1. The maximum atomic E-state index is 12.9. The van der Waals surface area contributed by atoms with Gasteiger partial charge in [-0.05, 0) is 62.0 Å². The maximum absolute atomic E-state index is 12.9. The SMILES string of the molecule is Cc1ccc(C)c(NC(=O)c2oc3c(c2C)/C(=N\NC(N)=S)CC(C)(C)C3)c1. The van der Waals surface area contributed by atoms with E-state index in [9.17, 15) is 4.79 Å². The van der Waals surface area contributed by atoms with Gasteiger partial charge in [-0.3, -0.25) is 10.2 Å². The van der Waals surface area contributed by atoms with E-state index < -0.39 is 0 Å². The number of hydrogen-bond donors (Lipinski definition) is 3. The lowest BCUT2D eigenvalue weighted by Crippen LogP contribution is -2.31. The summed E-state index contributed by atoms with van der Waals surface area (Å²) in [5.74, 6) is 0.815. The number of thiocarbonyl (C=S) groups is 1. The molecule has 1 aliphatic rings. The zero-order valence-corrected chi connectivity index (χ0v) is 17.7. The van der Waals surface area contributed by atoms with E-state index in [1.807, 2.05) is 39.0 Å². The number of aryl methyl sites for hydroxylation is 2. The van der Waals surface area contributed by atoms with Crippen molar-refractivity contribution < 1.29 is 9.21 Å². The molecule has 1 aromatic heterocycles. The molecule has 0 saturated heterocycles. The van der Waals surface area contributed by atoms with Gasteiger partial charge in [0, 0.05) is 23.2 Å². The summed E-state index contributed by atoms with van der Waals surface area (Å²) in [6.45, 7) is 10.1. The minimum atomic E-state index is -0.264. The number of furan rings is 1. The molecule has 148 valence electrons. The number of carbonyl (C=O) groups is 1. The van der Waals surface area contributed by atoms with E-state index in [1.54, 1.807) is 0 Å². The first-order valence-corrected chi connectivity index (χ1v) is 9.61. The zero-order valence-electron chi connectivity index (χ0n) is 16.9. The second-order valence-corrected chi connectivity index (χ2v) is 8.62. The standard InChI is InChI=1S/C21H26N4O2S/c1-11-6-7-12(2)14(8-11)23-19(26)18-13(3)17-15(24-25-20(22)28)9-21(4,5)10-16(17)27-18/h6-8H,9-10H2,1-5H3,(H,23,26)(H3,22,25,28)/b24-15-. The molecule has 0 saturated carbocycles. The minimum Gasteiger partial charge on any atom is -0.455 e. The van der Waals surface area contributed by atoms with E-state index in [2.05, 4.69) is 29.7 Å². The Hall–Kier alpha value is -2.67. The van der Waals surface area contributed by atoms with Crippen molar-refractivity contribution >= 4 is 34.6 Å². The van der Waals surface area contributed by atoms with Gasteiger partial charge in [-0.15, -0.1) is 0 Å².